The van der Waals surface area contributed by atoms with Crippen LogP contribution in [0.2, 0.25) is 0 Å². The molecule has 1 saturated carbocycles. The number of aliphatic hydroxyl groups is 1. The zero-order chi connectivity index (χ0) is 15.5. The van der Waals surface area contributed by atoms with Gasteiger partial charge in [0.25, 0.3) is 0 Å². The summed E-state index contributed by atoms with van der Waals surface area (Å²) in [6, 6.07) is 5.57. The quantitative estimate of drug-likeness (QED) is 0.582. The van der Waals surface area contributed by atoms with E-state index in [2.05, 4.69) is 15.0 Å². The largest absolute Gasteiger partial charge is 0.573 e. The molecule has 21 heavy (non-hydrogen) atoms. The first kappa shape index (κ1) is 15.4. The Hall–Kier alpha value is -1.96. The van der Waals surface area contributed by atoms with Crippen molar-refractivity contribution < 1.29 is 23.0 Å². The molecule has 8 heteroatoms. The highest BCUT2D eigenvalue weighted by molar-refractivity contribution is 5.78. The summed E-state index contributed by atoms with van der Waals surface area (Å²) in [5, 5.41) is 12.1. The fourth-order valence-electron chi connectivity index (χ4n) is 1.93. The van der Waals surface area contributed by atoms with Crippen molar-refractivity contribution in [1.29, 1.82) is 0 Å². The van der Waals surface area contributed by atoms with Crippen molar-refractivity contribution >= 4 is 5.96 Å². The molecule has 0 saturated heterocycles. The predicted molar refractivity (Wildman–Crippen MR) is 70.6 cm³/mol. The summed E-state index contributed by atoms with van der Waals surface area (Å²) in [6.45, 7) is 0.250. The zero-order valence-corrected chi connectivity index (χ0v) is 11.1. The molecule has 4 N–H and O–H groups in total. The fourth-order valence-corrected chi connectivity index (χ4v) is 1.93. The minimum absolute atomic E-state index is 0.131. The summed E-state index contributed by atoms with van der Waals surface area (Å²) in [4.78, 5) is 4.08. The molecule has 0 spiro atoms. The topological polar surface area (TPSA) is 79.9 Å². The summed E-state index contributed by atoms with van der Waals surface area (Å²) in [5.74, 6) is -0.0210. The van der Waals surface area contributed by atoms with Crippen LogP contribution in [0, 0.1) is 0 Å². The Kier molecular flexibility index (Phi) is 4.56. The Morgan fingerprint density at radius 1 is 1.33 bits per heavy atom. The highest BCUT2D eigenvalue weighted by atomic mass is 19.4. The highest BCUT2D eigenvalue weighted by Gasteiger charge is 2.31. The van der Waals surface area contributed by atoms with Gasteiger partial charge in [-0.25, -0.2) is 4.99 Å². The van der Waals surface area contributed by atoms with Crippen LogP contribution in [0.1, 0.15) is 18.4 Å². The highest BCUT2D eigenvalue weighted by Crippen LogP contribution is 2.23. The first-order chi connectivity index (χ1) is 9.82. The van der Waals surface area contributed by atoms with Gasteiger partial charge in [0.1, 0.15) is 5.75 Å². The number of aliphatic hydroxyl groups excluding tert-OH is 1. The number of guanidine groups is 1. The number of aliphatic imine (C=N–C) groups is 1. The van der Waals surface area contributed by atoms with Gasteiger partial charge in [-0.2, -0.15) is 0 Å². The first-order valence-corrected chi connectivity index (χ1v) is 6.41. The molecule has 2 rings (SSSR count). The van der Waals surface area contributed by atoms with E-state index in [9.17, 15) is 13.2 Å². The maximum absolute atomic E-state index is 12.0. The Bertz CT molecular complexity index is 496. The van der Waals surface area contributed by atoms with Crippen LogP contribution in [-0.2, 0) is 6.54 Å². The molecule has 0 atom stereocenters. The van der Waals surface area contributed by atoms with Crippen molar-refractivity contribution in [2.75, 3.05) is 0 Å². The number of nitrogens with zero attached hydrogens (tertiary/aromatic N) is 1. The molecule has 0 heterocycles. The number of rotatable bonds is 4. The van der Waals surface area contributed by atoms with Gasteiger partial charge in [-0.15, -0.1) is 13.2 Å². The number of halogens is 3. The average molecular weight is 303 g/mol. The third-order valence-electron chi connectivity index (χ3n) is 3.05. The number of ether oxygens (including phenoxy) is 1. The van der Waals surface area contributed by atoms with E-state index >= 15 is 0 Å². The van der Waals surface area contributed by atoms with Crippen molar-refractivity contribution in [2.24, 2.45) is 10.7 Å². The summed E-state index contributed by atoms with van der Waals surface area (Å²) < 4.78 is 39.8. The maximum atomic E-state index is 12.0. The van der Waals surface area contributed by atoms with Gasteiger partial charge >= 0.3 is 6.36 Å². The lowest BCUT2D eigenvalue weighted by atomic mass is 9.90. The Morgan fingerprint density at radius 3 is 2.48 bits per heavy atom. The van der Waals surface area contributed by atoms with Gasteiger partial charge in [0.15, 0.2) is 5.96 Å². The summed E-state index contributed by atoms with van der Waals surface area (Å²) in [5.41, 5.74) is 6.39. The zero-order valence-electron chi connectivity index (χ0n) is 11.1. The molecule has 0 amide bonds. The van der Waals surface area contributed by atoms with E-state index in [1.54, 1.807) is 0 Å². The Labute approximate surface area is 119 Å². The van der Waals surface area contributed by atoms with Crippen LogP contribution >= 0.6 is 0 Å². The van der Waals surface area contributed by atoms with Crippen molar-refractivity contribution in [1.82, 2.24) is 5.32 Å². The lowest BCUT2D eigenvalue weighted by Crippen LogP contribution is -2.49. The van der Waals surface area contributed by atoms with Gasteiger partial charge in [0.05, 0.1) is 12.6 Å². The van der Waals surface area contributed by atoms with Crippen molar-refractivity contribution in [3.63, 3.8) is 0 Å². The third kappa shape index (κ3) is 5.14. The standard InChI is InChI=1S/C13H16F3N3O2/c14-13(15,16)21-11-3-1-8(2-4-11)7-18-12(17)19-9-5-10(20)6-9/h1-4,9-10,20H,5-7H2,(H3,17,18,19). The molecule has 1 aliphatic carbocycles. The van der Waals surface area contributed by atoms with E-state index < -0.39 is 6.36 Å². The van der Waals surface area contributed by atoms with Crippen molar-refractivity contribution in [3.8, 4) is 5.75 Å². The molecular weight excluding hydrogens is 287 g/mol. The second-order valence-corrected chi connectivity index (χ2v) is 4.86. The van der Waals surface area contributed by atoms with Crippen molar-refractivity contribution in [3.05, 3.63) is 29.8 Å². The fraction of sp³-hybridized carbons (Fsp3) is 0.462. The molecule has 0 aliphatic heterocycles. The van der Waals surface area contributed by atoms with Crippen LogP contribution in [0.15, 0.2) is 29.3 Å². The molecule has 1 aromatic rings. The van der Waals surface area contributed by atoms with E-state index in [1.807, 2.05) is 0 Å². The summed E-state index contributed by atoms with van der Waals surface area (Å²) in [7, 11) is 0. The average Bonchev–Trinajstić information content (AvgIpc) is 2.34. The van der Waals surface area contributed by atoms with Crippen LogP contribution < -0.4 is 15.8 Å². The van der Waals surface area contributed by atoms with E-state index in [4.69, 9.17) is 10.8 Å². The monoisotopic (exact) mass is 303 g/mol. The molecule has 1 aromatic carbocycles. The van der Waals surface area contributed by atoms with Gasteiger partial charge < -0.3 is 20.9 Å². The number of nitrogens with two attached hydrogens (primary N) is 1. The second kappa shape index (κ2) is 6.21. The lowest BCUT2D eigenvalue weighted by Gasteiger charge is -2.32. The molecule has 0 bridgehead atoms. The maximum Gasteiger partial charge on any atom is 0.573 e. The lowest BCUT2D eigenvalue weighted by molar-refractivity contribution is -0.274. The minimum atomic E-state index is -4.69. The molecule has 0 aromatic heterocycles. The number of hydrogen-bond donors (Lipinski definition) is 3. The van der Waals surface area contributed by atoms with Gasteiger partial charge in [-0.05, 0) is 30.5 Å². The van der Waals surface area contributed by atoms with E-state index in [1.165, 1.54) is 24.3 Å². The third-order valence-corrected chi connectivity index (χ3v) is 3.05. The number of benzene rings is 1. The molecule has 116 valence electrons. The van der Waals surface area contributed by atoms with Crippen LogP contribution in [-0.4, -0.2) is 29.6 Å². The first-order valence-electron chi connectivity index (χ1n) is 6.41. The summed E-state index contributed by atoms with van der Waals surface area (Å²) in [6.07, 6.45) is -3.70. The molecule has 1 fully saturated rings. The van der Waals surface area contributed by atoms with Gasteiger partial charge in [-0.3, -0.25) is 0 Å². The SMILES string of the molecule is NC(=NCc1ccc(OC(F)(F)F)cc1)NC1CC(O)C1. The number of nitrogens with one attached hydrogen (secondary N) is 1. The molecular formula is C13H16F3N3O2. The number of alkyl halides is 3. The Morgan fingerprint density at radius 2 is 1.95 bits per heavy atom. The minimum Gasteiger partial charge on any atom is -0.406 e. The summed E-state index contributed by atoms with van der Waals surface area (Å²) >= 11 is 0. The predicted octanol–water partition coefficient (Wildman–Crippen LogP) is 1.51. The molecule has 0 unspecified atom stereocenters. The van der Waals surface area contributed by atoms with E-state index in [0.29, 0.717) is 18.4 Å². The van der Waals surface area contributed by atoms with Crippen molar-refractivity contribution in [2.45, 2.75) is 37.9 Å². The smallest absolute Gasteiger partial charge is 0.406 e. The molecule has 5 nitrogen and oxygen atoms in total. The van der Waals surface area contributed by atoms with E-state index in [0.717, 1.165) is 0 Å². The van der Waals surface area contributed by atoms with Gasteiger partial charge in [-0.1, -0.05) is 12.1 Å². The van der Waals surface area contributed by atoms with Crippen LogP contribution in [0.4, 0.5) is 13.2 Å². The van der Waals surface area contributed by atoms with E-state index in [-0.39, 0.29) is 30.4 Å². The van der Waals surface area contributed by atoms with Crippen LogP contribution in [0.5, 0.6) is 5.75 Å². The van der Waals surface area contributed by atoms with Gasteiger partial charge in [0.2, 0.25) is 0 Å². The molecule has 1 aliphatic rings. The van der Waals surface area contributed by atoms with Crippen LogP contribution in [0.25, 0.3) is 0 Å². The number of hydrogen-bond acceptors (Lipinski definition) is 3. The van der Waals surface area contributed by atoms with Gasteiger partial charge in [0, 0.05) is 6.04 Å². The second-order valence-electron chi connectivity index (χ2n) is 4.86. The Balaban J connectivity index is 1.82. The normalized spacial score (nSPS) is 22.6. The van der Waals surface area contributed by atoms with Crippen LogP contribution in [0.3, 0.4) is 0 Å². The molecule has 0 radical (unpaired) electrons.